The Bertz CT molecular complexity index is 4170. The highest BCUT2D eigenvalue weighted by Crippen LogP contribution is 2.53. The van der Waals surface area contributed by atoms with E-state index in [-0.39, 0.29) is 98.1 Å². The van der Waals surface area contributed by atoms with Gasteiger partial charge in [0.05, 0.1) is 59.4 Å². The first-order valence-corrected chi connectivity index (χ1v) is 35.0. The molecule has 2 aromatic heterocycles. The maximum Gasteiger partial charge on any atom is 0.343 e. The standard InChI is InChI=1S/C76H93FN10O12/c1-9-76(97)53-36-59-66-51(42-87(59)70(94)52(53)43-98-72(76)96)64-55(24-23-50-45(4)54(77)37-57(82-66)63(50)64)81-61(89)40-80-68(92)56(19-14-15-31-78)83-69(93)65(44(2)3)84-60(88)25-27-74(7,8)99-35-30-73(5,6)71(95)85-33-28-75(29-34-85)38-49(39-75)67(91)79-32-26-62(90)86-41-48-18-11-10-16-46(48)21-22-47-17-12-13-20-58(47)86/h10-13,16-18,20,36-37,44,49,55-56,65,97H,9,14-15,19,23-35,38-43,78H2,1-8H3,(H,79,91)(H,80,92)(H,81,89)(H,83,93)(H,84,88). The van der Waals surface area contributed by atoms with Crippen molar-refractivity contribution >= 4 is 63.9 Å². The Morgan fingerprint density at radius 2 is 1.59 bits per heavy atom. The molecule has 1 saturated heterocycles. The summed E-state index contributed by atoms with van der Waals surface area (Å²) in [5.41, 5.74) is 8.85. The lowest BCUT2D eigenvalue weighted by Crippen LogP contribution is -2.56. The van der Waals surface area contributed by atoms with Gasteiger partial charge in [-0.3, -0.25) is 38.4 Å². The minimum atomic E-state index is -2.06. The predicted octanol–water partition coefficient (Wildman–Crippen LogP) is 6.96. The van der Waals surface area contributed by atoms with Crippen LogP contribution in [-0.4, -0.2) is 124 Å². The minimum absolute atomic E-state index is 0.000480. The van der Waals surface area contributed by atoms with Crippen molar-refractivity contribution in [2.24, 2.45) is 28.4 Å². The zero-order chi connectivity index (χ0) is 70.9. The fourth-order valence-electron chi connectivity index (χ4n) is 15.2. The van der Waals surface area contributed by atoms with Gasteiger partial charge >= 0.3 is 5.97 Å². The number of nitrogens with two attached hydrogens (primary N) is 1. The van der Waals surface area contributed by atoms with Crippen LogP contribution >= 0.6 is 0 Å². The number of aryl methyl sites for hydroxylation is 1. The molecule has 4 aliphatic heterocycles. The van der Waals surface area contributed by atoms with Gasteiger partial charge < -0.3 is 61.3 Å². The number of pyridine rings is 2. The molecule has 3 aromatic carbocycles. The first-order chi connectivity index (χ1) is 47.1. The largest absolute Gasteiger partial charge is 0.458 e. The Hall–Kier alpha value is -8.85. The number of cyclic esters (lactones) is 1. The molecule has 526 valence electrons. The first-order valence-electron chi connectivity index (χ1n) is 35.0. The number of fused-ring (bicyclic) bond motifs is 7. The number of carbonyl (C=O) groups is 8. The van der Waals surface area contributed by atoms with Crippen LogP contribution in [0.3, 0.4) is 0 Å². The van der Waals surface area contributed by atoms with Gasteiger partial charge in [-0.05, 0) is 162 Å². The van der Waals surface area contributed by atoms with E-state index in [0.717, 1.165) is 53.6 Å². The number of amides is 7. The van der Waals surface area contributed by atoms with Crippen molar-refractivity contribution in [1.82, 2.24) is 41.0 Å². The summed E-state index contributed by atoms with van der Waals surface area (Å²) in [6.07, 6.45) is 5.91. The average Bonchev–Trinajstić information content (AvgIpc) is 1.61. The summed E-state index contributed by atoms with van der Waals surface area (Å²) < 4.78 is 28.7. The van der Waals surface area contributed by atoms with E-state index in [1.54, 1.807) is 38.7 Å². The van der Waals surface area contributed by atoms with E-state index in [2.05, 4.69) is 38.4 Å². The molecular formula is C76H93FN10O12. The second kappa shape index (κ2) is 29.2. The molecule has 6 heterocycles. The third-order valence-electron chi connectivity index (χ3n) is 21.4. The molecule has 5 aromatic rings. The molecule has 1 spiro atoms. The van der Waals surface area contributed by atoms with E-state index >= 15 is 4.39 Å². The van der Waals surface area contributed by atoms with Crippen molar-refractivity contribution in [3.8, 4) is 23.2 Å². The number of unbranched alkanes of at least 4 members (excludes halogenated alkanes) is 1. The quantitative estimate of drug-likeness (QED) is 0.0173. The number of ether oxygens (including phenoxy) is 2. The van der Waals surface area contributed by atoms with Gasteiger partial charge in [-0.2, -0.15) is 0 Å². The number of aromatic nitrogens is 2. The number of nitrogens with one attached hydrogen (secondary N) is 5. The van der Waals surface area contributed by atoms with Crippen molar-refractivity contribution in [2.75, 3.05) is 44.2 Å². The van der Waals surface area contributed by atoms with E-state index in [0.29, 0.717) is 104 Å². The molecule has 23 heteroatoms. The van der Waals surface area contributed by atoms with Gasteiger partial charge in [0.1, 0.15) is 24.5 Å². The van der Waals surface area contributed by atoms with Gasteiger partial charge in [0.15, 0.2) is 5.60 Å². The molecular weight excluding hydrogens is 1260 g/mol. The molecule has 4 unspecified atom stereocenters. The van der Waals surface area contributed by atoms with Crippen LogP contribution in [0.1, 0.15) is 188 Å². The van der Waals surface area contributed by atoms with Gasteiger partial charge in [0.2, 0.25) is 41.4 Å². The number of aliphatic hydroxyl groups is 1. The van der Waals surface area contributed by atoms with Crippen LogP contribution in [0.4, 0.5) is 10.1 Å². The van der Waals surface area contributed by atoms with Crippen LogP contribution in [0.25, 0.3) is 22.3 Å². The maximum absolute atomic E-state index is 15.6. The van der Waals surface area contributed by atoms with Gasteiger partial charge in [0.25, 0.3) is 5.56 Å². The number of anilines is 1. The summed E-state index contributed by atoms with van der Waals surface area (Å²) in [5, 5.41) is 26.6. The third kappa shape index (κ3) is 14.9. The number of carbonyl (C=O) groups excluding carboxylic acids is 8. The lowest BCUT2D eigenvalue weighted by molar-refractivity contribution is -0.172. The number of halogens is 1. The van der Waals surface area contributed by atoms with Crippen molar-refractivity contribution in [3.05, 3.63) is 127 Å². The number of likely N-dealkylation sites (tertiary alicyclic amines) is 1. The molecule has 6 aliphatic rings. The molecule has 2 fully saturated rings. The third-order valence-corrected chi connectivity index (χ3v) is 21.4. The molecule has 1 saturated carbocycles. The van der Waals surface area contributed by atoms with E-state index < -0.39 is 82.3 Å². The van der Waals surface area contributed by atoms with E-state index in [9.17, 15) is 48.3 Å². The molecule has 0 bridgehead atoms. The zero-order valence-electron chi connectivity index (χ0n) is 58.1. The number of hydrogen-bond donors (Lipinski definition) is 7. The Morgan fingerprint density at radius 3 is 2.31 bits per heavy atom. The average molecular weight is 1360 g/mol. The minimum Gasteiger partial charge on any atom is -0.458 e. The highest BCUT2D eigenvalue weighted by molar-refractivity contribution is 5.97. The number of hydrogen-bond acceptors (Lipinski definition) is 14. The lowest BCUT2D eigenvalue weighted by Gasteiger charge is -2.52. The number of rotatable bonds is 25. The maximum atomic E-state index is 15.6. The first kappa shape index (κ1) is 71.4. The van der Waals surface area contributed by atoms with Crippen molar-refractivity contribution in [2.45, 2.75) is 194 Å². The summed E-state index contributed by atoms with van der Waals surface area (Å²) in [4.78, 5) is 133. The van der Waals surface area contributed by atoms with Crippen molar-refractivity contribution in [1.29, 1.82) is 0 Å². The van der Waals surface area contributed by atoms with Crippen LogP contribution in [0.15, 0.2) is 65.5 Å². The van der Waals surface area contributed by atoms with Crippen LogP contribution in [0, 0.1) is 47.2 Å². The molecule has 0 radical (unpaired) electrons. The second-order valence-electron chi connectivity index (χ2n) is 29.4. The molecule has 99 heavy (non-hydrogen) atoms. The van der Waals surface area contributed by atoms with Crippen LogP contribution in [0.5, 0.6) is 0 Å². The van der Waals surface area contributed by atoms with Crippen molar-refractivity contribution < 1.29 is 57.3 Å². The molecule has 4 atom stereocenters. The fraction of sp³-hybridized carbons (Fsp3) is 0.526. The number of esters is 1. The second-order valence-corrected chi connectivity index (χ2v) is 29.4. The molecule has 22 nitrogen and oxygen atoms in total. The summed E-state index contributed by atoms with van der Waals surface area (Å²) in [5.74, 6) is 2.36. The van der Waals surface area contributed by atoms with Crippen LogP contribution < -0.4 is 42.8 Å². The van der Waals surface area contributed by atoms with Crippen LogP contribution in [0.2, 0.25) is 0 Å². The topological polar surface area (TPSA) is 303 Å². The van der Waals surface area contributed by atoms with Gasteiger partial charge in [-0.15, -0.1) is 0 Å². The Balaban J connectivity index is 0.623. The normalized spacial score (nSPS) is 18.7. The summed E-state index contributed by atoms with van der Waals surface area (Å²) in [6, 6.07) is 15.6. The highest BCUT2D eigenvalue weighted by atomic mass is 19.1. The summed E-state index contributed by atoms with van der Waals surface area (Å²) >= 11 is 0. The lowest BCUT2D eigenvalue weighted by atomic mass is 9.57. The van der Waals surface area contributed by atoms with E-state index in [1.807, 2.05) is 81.1 Å². The number of piperidine rings is 1. The van der Waals surface area contributed by atoms with Gasteiger partial charge in [0, 0.05) is 84.1 Å². The fourth-order valence-corrected chi connectivity index (χ4v) is 15.2. The molecule has 7 amide bonds. The van der Waals surface area contributed by atoms with E-state index in [4.69, 9.17) is 20.2 Å². The predicted molar refractivity (Wildman–Crippen MR) is 369 cm³/mol. The zero-order valence-corrected chi connectivity index (χ0v) is 58.1. The molecule has 8 N–H and O–H groups in total. The Morgan fingerprint density at radius 1 is 0.869 bits per heavy atom. The smallest absolute Gasteiger partial charge is 0.343 e. The molecule has 2 aliphatic carbocycles. The van der Waals surface area contributed by atoms with E-state index in [1.165, 1.54) is 10.6 Å². The summed E-state index contributed by atoms with van der Waals surface area (Å²) in [7, 11) is 0. The number of para-hydroxylation sites is 1. The Labute approximate surface area is 576 Å². The number of nitrogens with zero attached hydrogens (tertiary/aromatic N) is 4. The number of benzene rings is 3. The van der Waals surface area contributed by atoms with Gasteiger partial charge in [-0.1, -0.05) is 76.8 Å². The molecule has 11 rings (SSSR count). The van der Waals surface area contributed by atoms with Gasteiger partial charge in [-0.25, -0.2) is 14.2 Å². The highest BCUT2D eigenvalue weighted by Gasteiger charge is 2.50. The van der Waals surface area contributed by atoms with Crippen molar-refractivity contribution in [3.63, 3.8) is 0 Å². The summed E-state index contributed by atoms with van der Waals surface area (Å²) in [6.45, 7) is 16.1. The SMILES string of the molecule is CCC1(O)C(=O)OCc2c1cc1n(c2=O)Cc2c-1nc1cc(F)c(C)c3c1c2C(NC(=O)CNC(=O)C(CCCCN)NC(=O)C(NC(=O)CCC(C)(C)OCCC(C)(C)C(=O)N1CCC2(CC1)CC(C(=O)NCCC(=O)N1Cc4ccccc4C#Cc4ccccc41)C2)C(C)C)CC3. The van der Waals surface area contributed by atoms with Crippen LogP contribution in [-0.2, 0) is 79.5 Å². The monoisotopic (exact) mass is 1360 g/mol. The Kier molecular flexibility index (Phi) is 21.0.